The van der Waals surface area contributed by atoms with Crippen molar-refractivity contribution >= 4 is 18.5 Å². The normalized spacial score (nSPS) is 14.7. The second-order valence-corrected chi connectivity index (χ2v) is 10.4. The predicted molar refractivity (Wildman–Crippen MR) is 187 cm³/mol. The van der Waals surface area contributed by atoms with Crippen LogP contribution in [0.25, 0.3) is 5.57 Å². The number of nitrogens with zero attached hydrogens (tertiary/aromatic N) is 3. The number of alkyl halides is 1. The van der Waals surface area contributed by atoms with Gasteiger partial charge in [0.25, 0.3) is 0 Å². The molecule has 1 aromatic rings. The van der Waals surface area contributed by atoms with Crippen LogP contribution in [0, 0.1) is 50.5 Å². The van der Waals surface area contributed by atoms with E-state index in [-0.39, 0.29) is 45.2 Å². The van der Waals surface area contributed by atoms with Gasteiger partial charge in [-0.15, -0.1) is 11.1 Å². The smallest absolute Gasteiger partial charge is 0.358 e. The van der Waals surface area contributed by atoms with Crippen LogP contribution in [0.4, 0.5) is 4.39 Å². The molecule has 0 unspecified atom stereocenters. The Bertz CT molecular complexity index is 1140. The van der Waals surface area contributed by atoms with E-state index in [1.807, 2.05) is 26.1 Å². The molecular weight excluding hydrogens is 755 g/mol. The van der Waals surface area contributed by atoms with Crippen molar-refractivity contribution in [3.05, 3.63) is 108 Å². The third-order valence-corrected chi connectivity index (χ3v) is 7.08. The molecule has 1 aromatic carbocycles. The zero-order valence-electron chi connectivity index (χ0n) is 28.3. The monoisotopic (exact) mass is 811 g/mol. The van der Waals surface area contributed by atoms with Gasteiger partial charge in [0.05, 0.1) is 12.4 Å². The van der Waals surface area contributed by atoms with Gasteiger partial charge in [-0.25, -0.2) is 0 Å². The molecule has 0 N–H and O–H groups in total. The maximum Gasteiger partial charge on any atom is 2.00 e. The molecule has 0 bridgehead atoms. The molecule has 0 amide bonds. The van der Waals surface area contributed by atoms with Gasteiger partial charge in [0.15, 0.2) is 0 Å². The van der Waals surface area contributed by atoms with E-state index >= 15 is 0 Å². The predicted octanol–water partition coefficient (Wildman–Crippen LogP) is 10.7. The van der Waals surface area contributed by atoms with Crippen molar-refractivity contribution in [2.45, 2.75) is 86.5 Å². The van der Waals surface area contributed by atoms with E-state index in [2.05, 4.69) is 105 Å². The van der Waals surface area contributed by atoms with Crippen LogP contribution in [0.2, 0.25) is 0 Å². The summed E-state index contributed by atoms with van der Waals surface area (Å²) in [6, 6.07) is 9.63. The van der Waals surface area contributed by atoms with Gasteiger partial charge in [-0.1, -0.05) is 85.0 Å². The molecule has 1 aliphatic carbocycles. The fourth-order valence-corrected chi connectivity index (χ4v) is 4.64. The van der Waals surface area contributed by atoms with Crippen molar-refractivity contribution in [1.82, 2.24) is 4.90 Å². The van der Waals surface area contributed by atoms with Crippen LogP contribution in [0.3, 0.4) is 0 Å². The summed E-state index contributed by atoms with van der Waals surface area (Å²) in [6.45, 7) is 21.1. The van der Waals surface area contributed by atoms with E-state index in [1.54, 1.807) is 7.05 Å². The summed E-state index contributed by atoms with van der Waals surface area (Å²) < 4.78 is 11.7. The van der Waals surface area contributed by atoms with Crippen LogP contribution in [-0.4, -0.2) is 38.1 Å². The van der Waals surface area contributed by atoms with Crippen LogP contribution in [-0.2, 0) is 6.42 Å². The van der Waals surface area contributed by atoms with Crippen LogP contribution in [0.5, 0.6) is 0 Å². The maximum atomic E-state index is 11.7. The third-order valence-electron chi connectivity index (χ3n) is 7.08. The summed E-state index contributed by atoms with van der Waals surface area (Å²) in [4.78, 5) is 10.5. The molecule has 3 rings (SSSR count). The van der Waals surface area contributed by atoms with Crippen molar-refractivity contribution in [3.63, 3.8) is 0 Å². The van der Waals surface area contributed by atoms with E-state index in [1.165, 1.54) is 39.8 Å². The molecule has 43 heavy (non-hydrogen) atoms. The van der Waals surface area contributed by atoms with Crippen LogP contribution < -0.4 is 0 Å². The minimum absolute atomic E-state index is 0. The van der Waals surface area contributed by atoms with Crippen molar-refractivity contribution in [1.29, 1.82) is 0 Å². The van der Waals surface area contributed by atoms with Crippen molar-refractivity contribution in [3.8, 4) is 0 Å². The average Bonchev–Trinajstić information content (AvgIpc) is 3.18. The fourth-order valence-electron chi connectivity index (χ4n) is 4.64. The largest absolute Gasteiger partial charge is 2.00 e. The molecule has 2 aliphatic rings. The fraction of sp³-hybridized carbons (Fsp3) is 0.447. The molecule has 0 aromatic heterocycles. The first-order valence-electron chi connectivity index (χ1n) is 15.2. The van der Waals surface area contributed by atoms with Gasteiger partial charge in [0, 0.05) is 32.2 Å². The summed E-state index contributed by atoms with van der Waals surface area (Å²) >= 11 is 0. The molecule has 1 heterocycles. The summed E-state index contributed by atoms with van der Waals surface area (Å²) in [5.41, 5.74) is 9.79. The van der Waals surface area contributed by atoms with E-state index in [9.17, 15) is 4.39 Å². The number of aryl methyl sites for hydroxylation is 1. The van der Waals surface area contributed by atoms with Gasteiger partial charge >= 0.3 is 31.1 Å². The Balaban J connectivity index is 0. The SMILES string of the molecule is C=N/C(=C\N1C=CC(C2=C(/C(=C/C=NC)C(=C)C)CCCc3c[c-]ccc32)=CC1)CC.CCC.CCC(CC)CF.[CH3-].[U+2]. The quantitative estimate of drug-likeness (QED) is 0.131. The van der Waals surface area contributed by atoms with Gasteiger partial charge in [0.1, 0.15) is 0 Å². The number of benzene rings is 1. The molecule has 0 saturated heterocycles. The number of hydrogen-bond acceptors (Lipinski definition) is 3. The molecule has 0 atom stereocenters. The number of fused-ring (bicyclic) bond motifs is 1. The van der Waals surface area contributed by atoms with Crippen LogP contribution in [0.15, 0.2) is 93.4 Å². The number of aliphatic imine (C=N–C) groups is 2. The number of allylic oxidation sites excluding steroid dienone is 8. The van der Waals surface area contributed by atoms with E-state index in [0.717, 1.165) is 56.3 Å². The summed E-state index contributed by atoms with van der Waals surface area (Å²) in [5, 5.41) is 0. The minimum atomic E-state index is -0.146. The zero-order valence-corrected chi connectivity index (χ0v) is 32.4. The number of halogens is 1. The Kier molecular flexibility index (Phi) is 25.1. The Labute approximate surface area is 288 Å². The Morgan fingerprint density at radius 3 is 2.30 bits per heavy atom. The minimum Gasteiger partial charge on any atom is -0.358 e. The average molecular weight is 812 g/mol. The van der Waals surface area contributed by atoms with Gasteiger partial charge in [-0.3, -0.25) is 14.4 Å². The number of hydrogen-bond donors (Lipinski definition) is 0. The topological polar surface area (TPSA) is 28.0 Å². The van der Waals surface area contributed by atoms with Gasteiger partial charge in [0.2, 0.25) is 0 Å². The van der Waals surface area contributed by atoms with Crippen molar-refractivity contribution < 1.29 is 35.5 Å². The second kappa shape index (κ2) is 25.1. The van der Waals surface area contributed by atoms with Crippen LogP contribution in [0.1, 0.15) is 91.2 Å². The standard InChI is InChI=1S/C28H32N3.C6H13F.C3H8.CH3.U/c1-6-24(30-5)20-31-18-15-23(16-19-31)28-26-12-8-7-10-22(26)11-9-13-27(28)25(21(2)3)14-17-29-4;1-3-6(4-2)5-7;1-3-2;;/h8,10,12,14-18,20H,2,5-6,9,11,13,19H2,1,3-4H3;6H,3-5H2,1-2H3;3H2,1-2H3;1H3;/q-1;;;-1;+2/b24-20-,25-14+,29-17?;;;;. The summed E-state index contributed by atoms with van der Waals surface area (Å²) in [5.74, 6) is 0.319. The van der Waals surface area contributed by atoms with Gasteiger partial charge in [-0.2, -0.15) is 24.3 Å². The third kappa shape index (κ3) is 14.4. The first kappa shape index (κ1) is 42.9. The Hall–Kier alpha value is -2.22. The molecule has 5 heteroatoms. The van der Waals surface area contributed by atoms with Crippen molar-refractivity contribution in [2.75, 3.05) is 20.3 Å². The zero-order chi connectivity index (χ0) is 30.6. The molecular formula is C38H56FN3U. The molecule has 0 radical (unpaired) electrons. The first-order valence-corrected chi connectivity index (χ1v) is 15.2. The second-order valence-electron chi connectivity index (χ2n) is 10.4. The summed E-state index contributed by atoms with van der Waals surface area (Å²) in [6.07, 6.45) is 19.9. The molecule has 0 saturated carbocycles. The summed E-state index contributed by atoms with van der Waals surface area (Å²) in [7, 11) is 1.80. The van der Waals surface area contributed by atoms with Gasteiger partial charge in [-0.05, 0) is 66.8 Å². The molecule has 3 nitrogen and oxygen atoms in total. The molecule has 1 aliphatic heterocycles. The Morgan fingerprint density at radius 1 is 1.16 bits per heavy atom. The molecule has 234 valence electrons. The van der Waals surface area contributed by atoms with E-state index < -0.39 is 0 Å². The molecule has 0 spiro atoms. The van der Waals surface area contributed by atoms with E-state index in [0.29, 0.717) is 5.92 Å². The van der Waals surface area contributed by atoms with Gasteiger partial charge < -0.3 is 12.3 Å². The maximum absolute atomic E-state index is 11.7. The Morgan fingerprint density at radius 2 is 1.84 bits per heavy atom. The van der Waals surface area contributed by atoms with Crippen molar-refractivity contribution in [2.24, 2.45) is 15.9 Å². The number of rotatable bonds is 10. The van der Waals surface area contributed by atoms with Crippen LogP contribution >= 0.6 is 0 Å². The van der Waals surface area contributed by atoms with E-state index in [4.69, 9.17) is 0 Å². The first-order chi connectivity index (χ1) is 19.8. The molecule has 0 fully saturated rings.